The molecule has 3 amide bonds. The van der Waals surface area contributed by atoms with E-state index in [4.69, 9.17) is 9.84 Å². The maximum atomic E-state index is 11.9. The molecule has 24 heavy (non-hydrogen) atoms. The number of carboxylic acid groups (broad SMARTS) is 1. The Labute approximate surface area is 138 Å². The van der Waals surface area contributed by atoms with E-state index in [2.05, 4.69) is 5.32 Å². The summed E-state index contributed by atoms with van der Waals surface area (Å²) in [6.07, 6.45) is 0.963. The van der Waals surface area contributed by atoms with Crippen LogP contribution in [0.3, 0.4) is 0 Å². The highest BCUT2D eigenvalue weighted by molar-refractivity contribution is 6.00. The molecule has 0 aliphatic carbocycles. The van der Waals surface area contributed by atoms with Crippen LogP contribution in [0.4, 0.5) is 0 Å². The Kier molecular flexibility index (Phi) is 5.51. The maximum absolute atomic E-state index is 11.9. The van der Waals surface area contributed by atoms with E-state index in [9.17, 15) is 19.2 Å². The first-order valence-electron chi connectivity index (χ1n) is 7.40. The standard InChI is InChI=1S/C16H18N2O6/c1-10-3-2-4-13(24-8-15(21)22)11(10)7-18(9-19)12-5-6-14(20)17-16(12)23/h2-4,9,12H,5-8H2,1H3,(H,21,22)(H,17,20,23). The van der Waals surface area contributed by atoms with Crippen LogP contribution in [0.5, 0.6) is 5.75 Å². The molecule has 8 heteroatoms. The SMILES string of the molecule is Cc1cccc(OCC(=O)O)c1CN(C=O)C1CCC(=O)NC1=O. The van der Waals surface area contributed by atoms with E-state index < -0.39 is 24.5 Å². The Morgan fingerprint density at radius 2 is 2.21 bits per heavy atom. The molecule has 0 saturated carbocycles. The van der Waals surface area contributed by atoms with Crippen LogP contribution in [-0.4, -0.2) is 46.8 Å². The number of aryl methyl sites for hydroxylation is 1. The van der Waals surface area contributed by atoms with E-state index in [1.165, 1.54) is 4.90 Å². The van der Waals surface area contributed by atoms with Crippen LogP contribution < -0.4 is 10.1 Å². The molecule has 1 aliphatic heterocycles. The summed E-state index contributed by atoms with van der Waals surface area (Å²) >= 11 is 0. The Hall–Kier alpha value is -2.90. The van der Waals surface area contributed by atoms with Gasteiger partial charge < -0.3 is 14.7 Å². The number of aliphatic carboxylic acids is 1. The van der Waals surface area contributed by atoms with Gasteiger partial charge in [-0.05, 0) is 25.0 Å². The van der Waals surface area contributed by atoms with Gasteiger partial charge in [-0.15, -0.1) is 0 Å². The molecule has 1 aromatic carbocycles. The van der Waals surface area contributed by atoms with E-state index >= 15 is 0 Å². The number of hydrogen-bond acceptors (Lipinski definition) is 5. The van der Waals surface area contributed by atoms with Gasteiger partial charge in [-0.2, -0.15) is 0 Å². The third kappa shape index (κ3) is 4.09. The van der Waals surface area contributed by atoms with Gasteiger partial charge in [0.1, 0.15) is 11.8 Å². The van der Waals surface area contributed by atoms with Crippen molar-refractivity contribution in [1.29, 1.82) is 0 Å². The molecular formula is C16H18N2O6. The Balaban J connectivity index is 2.21. The van der Waals surface area contributed by atoms with E-state index in [0.717, 1.165) is 5.56 Å². The number of nitrogens with zero attached hydrogens (tertiary/aromatic N) is 1. The number of amides is 3. The van der Waals surface area contributed by atoms with Crippen LogP contribution in [0.1, 0.15) is 24.0 Å². The van der Waals surface area contributed by atoms with Gasteiger partial charge in [0.2, 0.25) is 18.2 Å². The van der Waals surface area contributed by atoms with Crippen LogP contribution in [0, 0.1) is 6.92 Å². The summed E-state index contributed by atoms with van der Waals surface area (Å²) in [5, 5.41) is 11.0. The smallest absolute Gasteiger partial charge is 0.341 e. The van der Waals surface area contributed by atoms with Crippen molar-refractivity contribution in [1.82, 2.24) is 10.2 Å². The lowest BCUT2D eigenvalue weighted by Crippen LogP contribution is -2.51. The van der Waals surface area contributed by atoms with Crippen molar-refractivity contribution in [2.75, 3.05) is 6.61 Å². The lowest BCUT2D eigenvalue weighted by molar-refractivity contribution is -0.141. The summed E-state index contributed by atoms with van der Waals surface area (Å²) in [7, 11) is 0. The fourth-order valence-electron chi connectivity index (χ4n) is 2.55. The first-order valence-corrected chi connectivity index (χ1v) is 7.40. The number of imide groups is 1. The molecule has 8 nitrogen and oxygen atoms in total. The summed E-state index contributed by atoms with van der Waals surface area (Å²) in [4.78, 5) is 46.6. The average molecular weight is 334 g/mol. The lowest BCUT2D eigenvalue weighted by Gasteiger charge is -2.30. The zero-order valence-electron chi connectivity index (χ0n) is 13.2. The lowest BCUT2D eigenvalue weighted by atomic mass is 10.0. The second kappa shape index (κ2) is 7.58. The van der Waals surface area contributed by atoms with Gasteiger partial charge >= 0.3 is 5.97 Å². The van der Waals surface area contributed by atoms with E-state index in [1.807, 2.05) is 0 Å². The van der Waals surface area contributed by atoms with Crippen molar-refractivity contribution >= 4 is 24.2 Å². The number of ether oxygens (including phenoxy) is 1. The number of rotatable bonds is 7. The fraction of sp³-hybridized carbons (Fsp3) is 0.375. The highest BCUT2D eigenvalue weighted by Gasteiger charge is 2.31. The molecule has 1 aliphatic rings. The maximum Gasteiger partial charge on any atom is 0.341 e. The van der Waals surface area contributed by atoms with Gasteiger partial charge in [-0.25, -0.2) is 4.79 Å². The third-order valence-electron chi connectivity index (χ3n) is 3.80. The number of nitrogens with one attached hydrogen (secondary N) is 1. The van der Waals surface area contributed by atoms with Crippen LogP contribution in [-0.2, 0) is 25.7 Å². The summed E-state index contributed by atoms with van der Waals surface area (Å²) in [5.74, 6) is -1.64. The predicted molar refractivity (Wildman–Crippen MR) is 82.1 cm³/mol. The van der Waals surface area contributed by atoms with Crippen molar-refractivity contribution in [3.63, 3.8) is 0 Å². The van der Waals surface area contributed by atoms with Crippen molar-refractivity contribution in [2.24, 2.45) is 0 Å². The van der Waals surface area contributed by atoms with Crippen molar-refractivity contribution in [2.45, 2.75) is 32.4 Å². The number of carbonyl (C=O) groups excluding carboxylic acids is 3. The normalized spacial score (nSPS) is 17.1. The second-order valence-corrected chi connectivity index (χ2v) is 5.48. The number of carbonyl (C=O) groups is 4. The molecule has 0 spiro atoms. The molecule has 0 aromatic heterocycles. The van der Waals surface area contributed by atoms with Gasteiger partial charge in [0.25, 0.3) is 0 Å². The molecule has 0 bridgehead atoms. The minimum absolute atomic E-state index is 0.0808. The molecule has 1 unspecified atom stereocenters. The Morgan fingerprint density at radius 1 is 1.46 bits per heavy atom. The number of piperidine rings is 1. The second-order valence-electron chi connectivity index (χ2n) is 5.48. The van der Waals surface area contributed by atoms with E-state index in [-0.39, 0.29) is 25.3 Å². The monoisotopic (exact) mass is 334 g/mol. The highest BCUT2D eigenvalue weighted by Crippen LogP contribution is 2.25. The first kappa shape index (κ1) is 17.5. The Morgan fingerprint density at radius 3 is 2.83 bits per heavy atom. The van der Waals surface area contributed by atoms with Crippen molar-refractivity contribution in [3.8, 4) is 5.75 Å². The molecule has 2 rings (SSSR count). The van der Waals surface area contributed by atoms with Gasteiger partial charge in [-0.3, -0.25) is 19.7 Å². The molecule has 1 aromatic rings. The largest absolute Gasteiger partial charge is 0.482 e. The molecule has 128 valence electrons. The molecular weight excluding hydrogens is 316 g/mol. The zero-order valence-corrected chi connectivity index (χ0v) is 13.2. The van der Waals surface area contributed by atoms with E-state index in [0.29, 0.717) is 17.7 Å². The summed E-state index contributed by atoms with van der Waals surface area (Å²) in [5.41, 5.74) is 1.42. The zero-order chi connectivity index (χ0) is 17.7. The summed E-state index contributed by atoms with van der Waals surface area (Å²) < 4.78 is 5.26. The van der Waals surface area contributed by atoms with Crippen LogP contribution in [0.25, 0.3) is 0 Å². The molecule has 1 saturated heterocycles. The number of hydrogen-bond donors (Lipinski definition) is 2. The van der Waals surface area contributed by atoms with Gasteiger partial charge in [0.15, 0.2) is 6.61 Å². The molecule has 2 N–H and O–H groups in total. The van der Waals surface area contributed by atoms with E-state index in [1.54, 1.807) is 25.1 Å². The topological polar surface area (TPSA) is 113 Å². The first-order chi connectivity index (χ1) is 11.4. The quantitative estimate of drug-likeness (QED) is 0.545. The van der Waals surface area contributed by atoms with Crippen LogP contribution in [0.15, 0.2) is 18.2 Å². The van der Waals surface area contributed by atoms with Gasteiger partial charge in [0.05, 0.1) is 6.54 Å². The van der Waals surface area contributed by atoms with Crippen LogP contribution >= 0.6 is 0 Å². The highest BCUT2D eigenvalue weighted by atomic mass is 16.5. The number of benzene rings is 1. The number of carboxylic acids is 1. The fourth-order valence-corrected chi connectivity index (χ4v) is 2.55. The minimum atomic E-state index is -1.11. The molecule has 1 heterocycles. The van der Waals surface area contributed by atoms with Crippen LogP contribution in [0.2, 0.25) is 0 Å². The summed E-state index contributed by atoms with van der Waals surface area (Å²) in [6.45, 7) is 1.38. The Bertz CT molecular complexity index is 673. The molecule has 1 atom stereocenters. The average Bonchev–Trinajstić information content (AvgIpc) is 2.53. The molecule has 1 fully saturated rings. The molecule has 0 radical (unpaired) electrons. The van der Waals surface area contributed by atoms with Crippen molar-refractivity contribution < 1.29 is 29.0 Å². The third-order valence-corrected chi connectivity index (χ3v) is 3.80. The van der Waals surface area contributed by atoms with Gasteiger partial charge in [-0.1, -0.05) is 12.1 Å². The minimum Gasteiger partial charge on any atom is -0.482 e. The summed E-state index contributed by atoms with van der Waals surface area (Å²) in [6, 6.07) is 4.38. The van der Waals surface area contributed by atoms with Gasteiger partial charge in [0, 0.05) is 12.0 Å². The predicted octanol–water partition coefficient (Wildman–Crippen LogP) is 0.222. The van der Waals surface area contributed by atoms with Crippen molar-refractivity contribution in [3.05, 3.63) is 29.3 Å².